The van der Waals surface area contributed by atoms with Crippen molar-refractivity contribution in [3.05, 3.63) is 34.3 Å². The van der Waals surface area contributed by atoms with Crippen LogP contribution in [0.4, 0.5) is 0 Å². The first-order chi connectivity index (χ1) is 8.21. The molecule has 1 saturated carbocycles. The quantitative estimate of drug-likeness (QED) is 0.847. The van der Waals surface area contributed by atoms with Gasteiger partial charge in [-0.25, -0.2) is 4.79 Å². The van der Waals surface area contributed by atoms with E-state index in [1.54, 1.807) is 0 Å². The summed E-state index contributed by atoms with van der Waals surface area (Å²) in [6, 6.07) is 5.87. The molecular weight excluding hydrogens is 216 g/mol. The molecule has 0 spiro atoms. The summed E-state index contributed by atoms with van der Waals surface area (Å²) in [7, 11) is 0. The van der Waals surface area contributed by atoms with E-state index >= 15 is 0 Å². The van der Waals surface area contributed by atoms with Gasteiger partial charge in [-0.3, -0.25) is 4.98 Å². The molecule has 1 heterocycles. The van der Waals surface area contributed by atoms with Crippen molar-refractivity contribution in [2.45, 2.75) is 25.7 Å². The van der Waals surface area contributed by atoms with Crippen LogP contribution in [0.15, 0.2) is 27.4 Å². The van der Waals surface area contributed by atoms with E-state index in [1.807, 2.05) is 18.2 Å². The number of nitrogens with two attached hydrogens (primary N) is 1. The molecule has 0 bridgehead atoms. The van der Waals surface area contributed by atoms with Gasteiger partial charge in [0.15, 0.2) is 5.58 Å². The van der Waals surface area contributed by atoms with Crippen LogP contribution in [0.1, 0.15) is 24.8 Å². The smallest absolute Gasteiger partial charge is 0.408 e. The number of fused-ring (bicyclic) bond motifs is 1. The second-order valence-corrected chi connectivity index (χ2v) is 5.08. The van der Waals surface area contributed by atoms with Crippen LogP contribution < -0.4 is 11.5 Å². The van der Waals surface area contributed by atoms with Crippen molar-refractivity contribution in [2.75, 3.05) is 6.54 Å². The Morgan fingerprint density at radius 3 is 2.88 bits per heavy atom. The van der Waals surface area contributed by atoms with E-state index < -0.39 is 5.76 Å². The fourth-order valence-corrected chi connectivity index (χ4v) is 2.67. The van der Waals surface area contributed by atoms with Crippen molar-refractivity contribution in [3.8, 4) is 0 Å². The van der Waals surface area contributed by atoms with E-state index in [0.29, 0.717) is 5.58 Å². The molecule has 0 radical (unpaired) electrons. The lowest BCUT2D eigenvalue weighted by Gasteiger charge is -2.41. The Hall–Kier alpha value is -1.55. The zero-order valence-corrected chi connectivity index (χ0v) is 9.66. The van der Waals surface area contributed by atoms with Gasteiger partial charge in [0.05, 0.1) is 5.52 Å². The zero-order valence-electron chi connectivity index (χ0n) is 9.66. The van der Waals surface area contributed by atoms with Gasteiger partial charge < -0.3 is 10.2 Å². The SMILES string of the molecule is NCC1(Cc2ccc3oc(=O)[nH]c3c2)CCC1. The van der Waals surface area contributed by atoms with Gasteiger partial charge in [0.1, 0.15) is 0 Å². The molecule has 3 N–H and O–H groups in total. The van der Waals surface area contributed by atoms with Crippen LogP contribution in [-0.2, 0) is 6.42 Å². The van der Waals surface area contributed by atoms with Crippen molar-refractivity contribution < 1.29 is 4.42 Å². The molecule has 0 amide bonds. The van der Waals surface area contributed by atoms with Gasteiger partial charge in [-0.05, 0) is 48.9 Å². The molecule has 1 aliphatic rings. The highest BCUT2D eigenvalue weighted by atomic mass is 16.4. The van der Waals surface area contributed by atoms with Crippen molar-refractivity contribution in [2.24, 2.45) is 11.1 Å². The standard InChI is InChI=1S/C13H16N2O2/c14-8-13(4-1-5-13)7-9-2-3-11-10(6-9)15-12(16)17-11/h2-3,6H,1,4-5,7-8,14H2,(H,15,16). The molecule has 90 valence electrons. The van der Waals surface area contributed by atoms with Gasteiger partial charge in [0.25, 0.3) is 0 Å². The fourth-order valence-electron chi connectivity index (χ4n) is 2.67. The number of hydrogen-bond donors (Lipinski definition) is 2. The van der Waals surface area contributed by atoms with E-state index in [-0.39, 0.29) is 5.41 Å². The fraction of sp³-hybridized carbons (Fsp3) is 0.462. The molecule has 4 nitrogen and oxygen atoms in total. The molecular formula is C13H16N2O2. The van der Waals surface area contributed by atoms with Crippen LogP contribution in [0.25, 0.3) is 11.1 Å². The highest BCUT2D eigenvalue weighted by molar-refractivity contribution is 5.72. The molecule has 1 aromatic heterocycles. The first kappa shape index (κ1) is 10.6. The predicted molar refractivity (Wildman–Crippen MR) is 65.9 cm³/mol. The molecule has 1 aromatic carbocycles. The van der Waals surface area contributed by atoms with Gasteiger partial charge in [0.2, 0.25) is 0 Å². The van der Waals surface area contributed by atoms with Crippen molar-refractivity contribution >= 4 is 11.1 Å². The van der Waals surface area contributed by atoms with Gasteiger partial charge in [-0.15, -0.1) is 0 Å². The summed E-state index contributed by atoms with van der Waals surface area (Å²) in [5.74, 6) is -0.394. The second-order valence-electron chi connectivity index (χ2n) is 5.08. The third-order valence-corrected chi connectivity index (χ3v) is 3.91. The molecule has 0 unspecified atom stereocenters. The van der Waals surface area contributed by atoms with Crippen molar-refractivity contribution in [3.63, 3.8) is 0 Å². The van der Waals surface area contributed by atoms with E-state index in [2.05, 4.69) is 4.98 Å². The molecule has 1 fully saturated rings. The number of hydrogen-bond acceptors (Lipinski definition) is 3. The van der Waals surface area contributed by atoms with Crippen LogP contribution in [0.3, 0.4) is 0 Å². The minimum Gasteiger partial charge on any atom is -0.408 e. The van der Waals surface area contributed by atoms with E-state index in [4.69, 9.17) is 10.2 Å². The van der Waals surface area contributed by atoms with Crippen LogP contribution >= 0.6 is 0 Å². The minimum atomic E-state index is -0.394. The van der Waals surface area contributed by atoms with Crippen LogP contribution in [0.5, 0.6) is 0 Å². The van der Waals surface area contributed by atoms with E-state index in [1.165, 1.54) is 24.8 Å². The summed E-state index contributed by atoms with van der Waals surface area (Å²) in [6.45, 7) is 0.743. The molecule has 1 aliphatic carbocycles. The average molecular weight is 232 g/mol. The summed E-state index contributed by atoms with van der Waals surface area (Å²) in [6.07, 6.45) is 4.70. The Kier molecular flexibility index (Phi) is 2.33. The molecule has 17 heavy (non-hydrogen) atoms. The number of benzene rings is 1. The summed E-state index contributed by atoms with van der Waals surface area (Å²) < 4.78 is 4.98. The average Bonchev–Trinajstić information content (AvgIpc) is 2.63. The number of oxazole rings is 1. The number of rotatable bonds is 3. The monoisotopic (exact) mass is 232 g/mol. The maximum Gasteiger partial charge on any atom is 0.417 e. The minimum absolute atomic E-state index is 0.289. The molecule has 0 saturated heterocycles. The van der Waals surface area contributed by atoms with Crippen molar-refractivity contribution in [1.82, 2.24) is 4.98 Å². The normalized spacial score (nSPS) is 18.2. The highest BCUT2D eigenvalue weighted by Crippen LogP contribution is 2.42. The third-order valence-electron chi connectivity index (χ3n) is 3.91. The molecule has 0 atom stereocenters. The zero-order chi connectivity index (χ0) is 11.9. The van der Waals surface area contributed by atoms with Crippen molar-refractivity contribution in [1.29, 1.82) is 0 Å². The first-order valence-electron chi connectivity index (χ1n) is 6.03. The maximum absolute atomic E-state index is 11.1. The lowest BCUT2D eigenvalue weighted by atomic mass is 9.65. The lowest BCUT2D eigenvalue weighted by Crippen LogP contribution is -2.39. The Morgan fingerprint density at radius 1 is 1.41 bits per heavy atom. The third kappa shape index (κ3) is 1.78. The Labute approximate surface area is 98.8 Å². The Balaban J connectivity index is 1.92. The number of H-pyrrole nitrogens is 1. The molecule has 4 heteroatoms. The van der Waals surface area contributed by atoms with Gasteiger partial charge in [-0.1, -0.05) is 12.5 Å². The van der Waals surface area contributed by atoms with Crippen LogP contribution in [0.2, 0.25) is 0 Å². The van der Waals surface area contributed by atoms with Gasteiger partial charge in [0, 0.05) is 0 Å². The summed E-state index contributed by atoms with van der Waals surface area (Å²) in [4.78, 5) is 13.8. The van der Waals surface area contributed by atoms with E-state index in [0.717, 1.165) is 18.5 Å². The number of nitrogens with one attached hydrogen (secondary N) is 1. The highest BCUT2D eigenvalue weighted by Gasteiger charge is 2.35. The van der Waals surface area contributed by atoms with Gasteiger partial charge in [-0.2, -0.15) is 0 Å². The maximum atomic E-state index is 11.1. The summed E-state index contributed by atoms with van der Waals surface area (Å²) >= 11 is 0. The second kappa shape index (κ2) is 3.74. The summed E-state index contributed by atoms with van der Waals surface area (Å²) in [5.41, 5.74) is 8.76. The predicted octanol–water partition coefficient (Wildman–Crippen LogP) is 1.79. The topological polar surface area (TPSA) is 72.0 Å². The van der Waals surface area contributed by atoms with Crippen LogP contribution in [-0.4, -0.2) is 11.5 Å². The molecule has 0 aliphatic heterocycles. The number of aromatic nitrogens is 1. The largest absolute Gasteiger partial charge is 0.417 e. The molecule has 3 rings (SSSR count). The first-order valence-corrected chi connectivity index (χ1v) is 6.03. The molecule has 2 aromatic rings. The Morgan fingerprint density at radius 2 is 2.24 bits per heavy atom. The van der Waals surface area contributed by atoms with Crippen LogP contribution in [0, 0.1) is 5.41 Å². The summed E-state index contributed by atoms with van der Waals surface area (Å²) in [5, 5.41) is 0. The number of aromatic amines is 1. The van der Waals surface area contributed by atoms with Gasteiger partial charge >= 0.3 is 5.76 Å². The lowest BCUT2D eigenvalue weighted by molar-refractivity contribution is 0.145. The van der Waals surface area contributed by atoms with E-state index in [9.17, 15) is 4.79 Å². The Bertz CT molecular complexity index is 587.